The number of nitrogens with zero attached hydrogens (tertiary/aromatic N) is 2. The molecule has 0 fully saturated rings. The van der Waals surface area contributed by atoms with Crippen LogP contribution in [0.1, 0.15) is 31.3 Å². The third-order valence-corrected chi connectivity index (χ3v) is 4.05. The van der Waals surface area contributed by atoms with Crippen molar-refractivity contribution in [3.8, 4) is 11.4 Å². The van der Waals surface area contributed by atoms with E-state index in [0.29, 0.717) is 11.4 Å². The summed E-state index contributed by atoms with van der Waals surface area (Å²) < 4.78 is 14.4. The smallest absolute Gasteiger partial charge is 0.272 e. The zero-order chi connectivity index (χ0) is 21.1. The number of phenolic OH excluding ortho intramolecular Hbond substituents is 1. The molecule has 0 radical (unpaired) electrons. The first kappa shape index (κ1) is 19.5. The normalized spacial score (nSPS) is 10.4. The molecule has 3 amide bonds. The largest absolute Gasteiger partial charge is 0.507 e. The van der Waals surface area contributed by atoms with Crippen molar-refractivity contribution in [2.75, 3.05) is 12.4 Å². The molecule has 0 saturated heterocycles. The molecule has 0 aliphatic carbocycles. The maximum absolute atomic E-state index is 13.1. The number of benzene rings is 2. The Bertz CT molecular complexity index is 1110. The van der Waals surface area contributed by atoms with E-state index < -0.39 is 29.3 Å². The van der Waals surface area contributed by atoms with Crippen LogP contribution in [-0.2, 0) is 0 Å². The third-order valence-electron chi connectivity index (χ3n) is 4.05. The van der Waals surface area contributed by atoms with E-state index in [9.17, 15) is 23.9 Å². The van der Waals surface area contributed by atoms with E-state index in [1.807, 2.05) is 0 Å². The summed E-state index contributed by atoms with van der Waals surface area (Å²) in [4.78, 5) is 39.8. The number of aromatic hydroxyl groups is 1. The number of halogens is 1. The van der Waals surface area contributed by atoms with E-state index >= 15 is 0 Å². The molecule has 1 heterocycles. The maximum atomic E-state index is 13.1. The number of aromatic nitrogens is 2. The van der Waals surface area contributed by atoms with E-state index in [1.54, 1.807) is 12.1 Å². The molecular weight excluding hydrogens is 381 g/mol. The van der Waals surface area contributed by atoms with Crippen LogP contribution >= 0.6 is 0 Å². The molecule has 3 rings (SSSR count). The number of primary amides is 1. The molecule has 3 aromatic rings. The maximum Gasteiger partial charge on any atom is 0.272 e. The fourth-order valence-electron chi connectivity index (χ4n) is 2.66. The number of carbonyl (C=O) groups excluding carboxylic acids is 3. The monoisotopic (exact) mass is 397 g/mol. The fraction of sp³-hybridized carbons (Fsp3) is 0.0526. The van der Waals surface area contributed by atoms with Crippen LogP contribution in [0.4, 0.5) is 10.1 Å². The molecule has 5 N–H and O–H groups in total. The molecule has 9 nitrogen and oxygen atoms in total. The van der Waals surface area contributed by atoms with Crippen molar-refractivity contribution in [2.24, 2.45) is 5.73 Å². The van der Waals surface area contributed by atoms with Gasteiger partial charge in [0.25, 0.3) is 17.7 Å². The van der Waals surface area contributed by atoms with Gasteiger partial charge in [-0.2, -0.15) is 0 Å². The minimum Gasteiger partial charge on any atom is -0.507 e. The lowest BCUT2D eigenvalue weighted by Gasteiger charge is -2.10. The number of phenols is 1. The molecule has 0 aliphatic heterocycles. The van der Waals surface area contributed by atoms with Gasteiger partial charge in [-0.3, -0.25) is 19.0 Å². The standard InChI is InChI=1S/C19H16FN5O4/c1-22-19(29)15-16(17(21)27)25(9-23-15)12-5-3-11(4-6-12)24-18(28)13-7-2-10(20)8-14(13)26/h2-9,26H,1H3,(H2,21,27)(H,22,29)(H,24,28). The summed E-state index contributed by atoms with van der Waals surface area (Å²) in [5.41, 5.74) is 5.97. The molecule has 0 saturated carbocycles. The van der Waals surface area contributed by atoms with E-state index in [4.69, 9.17) is 5.73 Å². The van der Waals surface area contributed by atoms with Crippen molar-refractivity contribution >= 4 is 23.4 Å². The van der Waals surface area contributed by atoms with E-state index in [0.717, 1.165) is 12.1 Å². The highest BCUT2D eigenvalue weighted by atomic mass is 19.1. The first-order valence-electron chi connectivity index (χ1n) is 8.31. The Morgan fingerprint density at radius 2 is 1.79 bits per heavy atom. The summed E-state index contributed by atoms with van der Waals surface area (Å²) in [6.45, 7) is 0. The predicted octanol–water partition coefficient (Wildman–Crippen LogP) is 1.43. The molecule has 10 heteroatoms. The van der Waals surface area contributed by atoms with Crippen molar-refractivity contribution < 1.29 is 23.9 Å². The zero-order valence-corrected chi connectivity index (χ0v) is 15.1. The van der Waals surface area contributed by atoms with Gasteiger partial charge in [0.15, 0.2) is 5.69 Å². The number of anilines is 1. The van der Waals surface area contributed by atoms with Gasteiger partial charge in [0.1, 0.15) is 23.6 Å². The van der Waals surface area contributed by atoms with Gasteiger partial charge in [-0.25, -0.2) is 9.37 Å². The van der Waals surface area contributed by atoms with Gasteiger partial charge in [-0.05, 0) is 36.4 Å². The Kier molecular flexibility index (Phi) is 5.26. The number of imidazole rings is 1. The van der Waals surface area contributed by atoms with Crippen LogP contribution in [-0.4, -0.2) is 39.4 Å². The molecule has 1 aromatic heterocycles. The minimum atomic E-state index is -0.828. The summed E-state index contributed by atoms with van der Waals surface area (Å²) in [7, 11) is 1.41. The van der Waals surface area contributed by atoms with Crippen LogP contribution in [0, 0.1) is 5.82 Å². The third kappa shape index (κ3) is 3.90. The molecule has 2 aromatic carbocycles. The van der Waals surface area contributed by atoms with Crippen molar-refractivity contribution in [1.82, 2.24) is 14.9 Å². The first-order chi connectivity index (χ1) is 13.8. The Labute approximate surface area is 164 Å². The zero-order valence-electron chi connectivity index (χ0n) is 15.1. The van der Waals surface area contributed by atoms with Crippen molar-refractivity contribution in [3.05, 3.63) is 71.6 Å². The van der Waals surface area contributed by atoms with Crippen LogP contribution < -0.4 is 16.4 Å². The van der Waals surface area contributed by atoms with Gasteiger partial charge in [0.2, 0.25) is 0 Å². The molecule has 0 atom stereocenters. The quantitative estimate of drug-likeness (QED) is 0.516. The van der Waals surface area contributed by atoms with Gasteiger partial charge < -0.3 is 21.5 Å². The number of hydrogen-bond donors (Lipinski definition) is 4. The van der Waals surface area contributed by atoms with Crippen molar-refractivity contribution in [2.45, 2.75) is 0 Å². The van der Waals surface area contributed by atoms with Crippen LogP contribution in [0.25, 0.3) is 5.69 Å². The summed E-state index contributed by atoms with van der Waals surface area (Å²) in [6.07, 6.45) is 1.29. The molecule has 0 bridgehead atoms. The van der Waals surface area contributed by atoms with Gasteiger partial charge >= 0.3 is 0 Å². The average Bonchev–Trinajstić information content (AvgIpc) is 3.13. The highest BCUT2D eigenvalue weighted by Gasteiger charge is 2.22. The molecular formula is C19H16FN5O4. The highest BCUT2D eigenvalue weighted by molar-refractivity contribution is 6.06. The van der Waals surface area contributed by atoms with Crippen LogP contribution in [0.5, 0.6) is 5.75 Å². The van der Waals surface area contributed by atoms with Gasteiger partial charge in [0, 0.05) is 24.5 Å². The molecule has 148 valence electrons. The topological polar surface area (TPSA) is 139 Å². The van der Waals surface area contributed by atoms with Gasteiger partial charge in [-0.1, -0.05) is 0 Å². The van der Waals surface area contributed by atoms with E-state index in [1.165, 1.54) is 36.1 Å². The number of nitrogens with two attached hydrogens (primary N) is 1. The van der Waals surface area contributed by atoms with Crippen LogP contribution in [0.2, 0.25) is 0 Å². The summed E-state index contributed by atoms with van der Waals surface area (Å²) in [5.74, 6) is -3.15. The number of carbonyl (C=O) groups is 3. The Morgan fingerprint density at radius 3 is 2.38 bits per heavy atom. The number of amides is 3. The number of hydrogen-bond acceptors (Lipinski definition) is 5. The van der Waals surface area contributed by atoms with Gasteiger partial charge in [-0.15, -0.1) is 0 Å². The van der Waals surface area contributed by atoms with E-state index in [-0.39, 0.29) is 17.0 Å². The lowest BCUT2D eigenvalue weighted by Crippen LogP contribution is -2.25. The summed E-state index contributed by atoms with van der Waals surface area (Å²) in [5, 5.41) is 14.6. The minimum absolute atomic E-state index is 0.0858. The Hall–Kier alpha value is -4.21. The second-order valence-electron chi connectivity index (χ2n) is 5.92. The number of nitrogens with one attached hydrogen (secondary N) is 2. The second kappa shape index (κ2) is 7.80. The lowest BCUT2D eigenvalue weighted by atomic mass is 10.1. The SMILES string of the molecule is CNC(=O)c1ncn(-c2ccc(NC(=O)c3ccc(F)cc3O)cc2)c1C(N)=O. The van der Waals surface area contributed by atoms with E-state index in [2.05, 4.69) is 15.6 Å². The Balaban J connectivity index is 1.86. The molecule has 0 spiro atoms. The number of rotatable bonds is 5. The van der Waals surface area contributed by atoms with Crippen LogP contribution in [0.15, 0.2) is 48.8 Å². The lowest BCUT2D eigenvalue weighted by molar-refractivity contribution is 0.0937. The summed E-state index contributed by atoms with van der Waals surface area (Å²) >= 11 is 0. The molecule has 0 unspecified atom stereocenters. The Morgan fingerprint density at radius 1 is 1.10 bits per heavy atom. The second-order valence-corrected chi connectivity index (χ2v) is 5.92. The molecule has 29 heavy (non-hydrogen) atoms. The molecule has 0 aliphatic rings. The van der Waals surface area contributed by atoms with Crippen molar-refractivity contribution in [1.29, 1.82) is 0 Å². The first-order valence-corrected chi connectivity index (χ1v) is 8.31. The highest BCUT2D eigenvalue weighted by Crippen LogP contribution is 2.21. The predicted molar refractivity (Wildman–Crippen MR) is 101 cm³/mol. The summed E-state index contributed by atoms with van der Waals surface area (Å²) in [6, 6.07) is 9.29. The van der Waals surface area contributed by atoms with Crippen LogP contribution in [0.3, 0.4) is 0 Å². The van der Waals surface area contributed by atoms with Gasteiger partial charge in [0.05, 0.1) is 5.56 Å². The fourth-order valence-corrected chi connectivity index (χ4v) is 2.66. The van der Waals surface area contributed by atoms with Crippen molar-refractivity contribution in [3.63, 3.8) is 0 Å². The average molecular weight is 397 g/mol.